The number of aromatic nitrogens is 2. The predicted molar refractivity (Wildman–Crippen MR) is 120 cm³/mol. The van der Waals surface area contributed by atoms with Crippen molar-refractivity contribution in [1.82, 2.24) is 15.0 Å². The van der Waals surface area contributed by atoms with E-state index in [4.69, 9.17) is 31.5 Å². The Morgan fingerprint density at radius 1 is 1.23 bits per heavy atom. The molecule has 1 fully saturated rings. The van der Waals surface area contributed by atoms with E-state index in [1.165, 1.54) is 0 Å². The average molecular weight is 444 g/mol. The minimum Gasteiger partial charge on any atom is -0.494 e. The molecule has 0 unspecified atom stereocenters. The lowest BCUT2D eigenvalue weighted by atomic mass is 10.1. The van der Waals surface area contributed by atoms with E-state index < -0.39 is 0 Å². The molecule has 164 valence electrons. The molecule has 4 rings (SSSR count). The maximum Gasteiger partial charge on any atom is 0.249 e. The molecule has 0 saturated carbocycles. The zero-order valence-electron chi connectivity index (χ0n) is 17.5. The molecule has 8 nitrogen and oxygen atoms in total. The van der Waals surface area contributed by atoms with E-state index in [0.29, 0.717) is 18.3 Å². The molecule has 0 bridgehead atoms. The molecule has 1 aromatic heterocycles. The van der Waals surface area contributed by atoms with Crippen LogP contribution in [0.2, 0.25) is 0 Å². The van der Waals surface area contributed by atoms with Crippen LogP contribution in [0, 0.1) is 0 Å². The van der Waals surface area contributed by atoms with E-state index in [0.717, 1.165) is 60.9 Å². The number of fused-ring (bicyclic) bond motifs is 1. The Labute approximate surface area is 186 Å². The molecular formula is C22H26ClN5O3. The Balaban J connectivity index is 1.47. The minimum atomic E-state index is -0.104. The smallest absolute Gasteiger partial charge is 0.249 e. The number of hydrogen-bond acceptors (Lipinski definition) is 6. The van der Waals surface area contributed by atoms with Gasteiger partial charge in [-0.25, -0.2) is 0 Å². The topological polar surface area (TPSA) is 99.0 Å². The molecule has 2 heterocycles. The van der Waals surface area contributed by atoms with Gasteiger partial charge >= 0.3 is 0 Å². The molecule has 1 aliphatic heterocycles. The molecular weight excluding hydrogens is 418 g/mol. The highest BCUT2D eigenvalue weighted by molar-refractivity contribution is 6.19. The number of benzene rings is 2. The summed E-state index contributed by atoms with van der Waals surface area (Å²) >= 11 is 5.54. The van der Waals surface area contributed by atoms with Gasteiger partial charge in [0, 0.05) is 37.6 Å². The second-order valence-electron chi connectivity index (χ2n) is 7.52. The summed E-state index contributed by atoms with van der Waals surface area (Å²) in [6, 6.07) is 12.0. The van der Waals surface area contributed by atoms with Gasteiger partial charge in [0.25, 0.3) is 0 Å². The minimum absolute atomic E-state index is 0.104. The van der Waals surface area contributed by atoms with E-state index in [-0.39, 0.29) is 12.0 Å². The van der Waals surface area contributed by atoms with Gasteiger partial charge in [0.2, 0.25) is 17.7 Å². The van der Waals surface area contributed by atoms with Crippen LogP contribution >= 0.6 is 11.8 Å². The highest BCUT2D eigenvalue weighted by Crippen LogP contribution is 2.32. The molecule has 0 spiro atoms. The van der Waals surface area contributed by atoms with Gasteiger partial charge in [-0.3, -0.25) is 0 Å². The summed E-state index contributed by atoms with van der Waals surface area (Å²) < 4.78 is 20.0. The third-order valence-electron chi connectivity index (χ3n) is 5.44. The first kappa shape index (κ1) is 21.4. The third kappa shape index (κ3) is 4.91. The van der Waals surface area contributed by atoms with E-state index in [1.807, 2.05) is 41.3 Å². The average Bonchev–Trinajstić information content (AvgIpc) is 3.47. The second-order valence-corrected chi connectivity index (χ2v) is 7.69. The molecule has 0 amide bonds. The molecule has 1 atom stereocenters. The number of guanidine groups is 1. The largest absolute Gasteiger partial charge is 0.494 e. The Morgan fingerprint density at radius 3 is 2.87 bits per heavy atom. The fraction of sp³-hybridized carbons (Fsp3) is 0.409. The van der Waals surface area contributed by atoms with E-state index in [1.54, 1.807) is 7.11 Å². The van der Waals surface area contributed by atoms with E-state index >= 15 is 0 Å². The Bertz CT molecular complexity index is 1050. The van der Waals surface area contributed by atoms with Crippen LogP contribution < -0.4 is 10.5 Å². The highest BCUT2D eigenvalue weighted by Gasteiger charge is 2.32. The van der Waals surface area contributed by atoms with Gasteiger partial charge < -0.3 is 24.6 Å². The molecule has 31 heavy (non-hydrogen) atoms. The number of likely N-dealkylation sites (tertiary alicyclic amines) is 1. The molecule has 0 aliphatic carbocycles. The summed E-state index contributed by atoms with van der Waals surface area (Å²) in [7, 11) is 1.71. The molecule has 0 radical (unpaired) electrons. The van der Waals surface area contributed by atoms with Crippen LogP contribution in [0.5, 0.6) is 5.75 Å². The van der Waals surface area contributed by atoms with Crippen LogP contribution in [0.25, 0.3) is 22.2 Å². The molecule has 1 saturated heterocycles. The van der Waals surface area contributed by atoms with Crippen molar-refractivity contribution in [2.75, 3.05) is 26.9 Å². The Kier molecular flexibility index (Phi) is 6.89. The van der Waals surface area contributed by atoms with Crippen molar-refractivity contribution in [3.63, 3.8) is 0 Å². The van der Waals surface area contributed by atoms with Crippen molar-refractivity contribution in [2.24, 2.45) is 10.2 Å². The van der Waals surface area contributed by atoms with Crippen LogP contribution in [-0.4, -0.2) is 47.9 Å². The number of rotatable bonds is 8. The van der Waals surface area contributed by atoms with Crippen molar-refractivity contribution in [2.45, 2.75) is 31.7 Å². The maximum absolute atomic E-state index is 5.89. The molecule has 3 aromatic rings. The fourth-order valence-corrected chi connectivity index (χ4v) is 3.92. The van der Waals surface area contributed by atoms with Gasteiger partial charge in [-0.1, -0.05) is 23.4 Å². The first-order valence-electron chi connectivity index (χ1n) is 10.4. The van der Waals surface area contributed by atoms with Gasteiger partial charge in [0.1, 0.15) is 11.8 Å². The molecule has 2 aromatic carbocycles. The zero-order chi connectivity index (χ0) is 21.6. The molecule has 1 aliphatic rings. The van der Waals surface area contributed by atoms with Crippen LogP contribution in [0.15, 0.2) is 45.4 Å². The van der Waals surface area contributed by atoms with Gasteiger partial charge in [0.05, 0.1) is 6.61 Å². The summed E-state index contributed by atoms with van der Waals surface area (Å²) in [5.41, 5.74) is 6.78. The summed E-state index contributed by atoms with van der Waals surface area (Å²) in [6.07, 6.45) is 3.78. The number of halogens is 1. The highest BCUT2D eigenvalue weighted by atomic mass is 35.5. The lowest BCUT2D eigenvalue weighted by Crippen LogP contribution is -2.36. The molecule has 2 N–H and O–H groups in total. The van der Waals surface area contributed by atoms with Crippen LogP contribution in [-0.2, 0) is 4.74 Å². The Morgan fingerprint density at radius 2 is 2.03 bits per heavy atom. The van der Waals surface area contributed by atoms with E-state index in [9.17, 15) is 0 Å². The van der Waals surface area contributed by atoms with Crippen molar-refractivity contribution in [3.8, 4) is 17.1 Å². The number of nitrogens with two attached hydrogens (primary N) is 1. The van der Waals surface area contributed by atoms with Crippen LogP contribution in [0.4, 0.5) is 0 Å². The summed E-state index contributed by atoms with van der Waals surface area (Å²) in [5.74, 6) is 2.20. The lowest BCUT2D eigenvalue weighted by molar-refractivity contribution is 0.184. The van der Waals surface area contributed by atoms with Crippen molar-refractivity contribution in [3.05, 3.63) is 42.3 Å². The first-order valence-corrected chi connectivity index (χ1v) is 10.7. The standard InChI is InChI=1S/C22H26ClN5O3/c1-29-11-2-3-12-30-18-9-8-15-13-17(7-6-16(15)14-18)20-25-21(31-27-20)19-5-4-10-28(19)22(24)26-23/h6-9,13-14,19H,2-5,10-12H2,1H3,(H2,24,26)/t19-/m0/s1. The molecule has 9 heteroatoms. The monoisotopic (exact) mass is 443 g/mol. The first-order chi connectivity index (χ1) is 15.2. The quantitative estimate of drug-likeness (QED) is 0.314. The normalized spacial score (nSPS) is 16.9. The predicted octanol–water partition coefficient (Wildman–Crippen LogP) is 4.30. The van der Waals surface area contributed by atoms with Gasteiger partial charge in [-0.05, 0) is 54.7 Å². The van der Waals surface area contributed by atoms with Gasteiger partial charge in [-0.15, -0.1) is 4.51 Å². The fourth-order valence-electron chi connectivity index (χ4n) is 3.83. The van der Waals surface area contributed by atoms with Crippen LogP contribution in [0.3, 0.4) is 0 Å². The maximum atomic E-state index is 5.89. The van der Waals surface area contributed by atoms with Gasteiger partial charge in [0.15, 0.2) is 0 Å². The zero-order valence-corrected chi connectivity index (χ0v) is 18.2. The van der Waals surface area contributed by atoms with Gasteiger partial charge in [-0.2, -0.15) is 4.98 Å². The summed E-state index contributed by atoms with van der Waals surface area (Å²) in [6.45, 7) is 2.20. The van der Waals surface area contributed by atoms with Crippen molar-refractivity contribution >= 4 is 28.5 Å². The van der Waals surface area contributed by atoms with Crippen LogP contribution in [0.1, 0.15) is 37.6 Å². The third-order valence-corrected chi connectivity index (χ3v) is 5.62. The number of hydrogen-bond donors (Lipinski definition) is 1. The summed E-state index contributed by atoms with van der Waals surface area (Å²) in [5, 5.41) is 6.35. The van der Waals surface area contributed by atoms with Crippen molar-refractivity contribution in [1.29, 1.82) is 0 Å². The van der Waals surface area contributed by atoms with Crippen molar-refractivity contribution < 1.29 is 14.0 Å². The number of unbranched alkanes of at least 4 members (excludes halogenated alkanes) is 1. The lowest BCUT2D eigenvalue weighted by Gasteiger charge is -2.21. The number of ether oxygens (including phenoxy) is 2. The number of methoxy groups -OCH3 is 1. The number of nitrogens with zero attached hydrogens (tertiary/aromatic N) is 4. The second kappa shape index (κ2) is 9.98. The van der Waals surface area contributed by atoms with E-state index in [2.05, 4.69) is 14.7 Å². The Hall–Kier alpha value is -2.84. The summed E-state index contributed by atoms with van der Waals surface area (Å²) in [4.78, 5) is 6.50. The SMILES string of the molecule is COCCCCOc1ccc2cc(-c3noc([C@@H]4CCCN4/C(N)=N\Cl)n3)ccc2c1.